The maximum Gasteiger partial charge on any atom is 0.416 e. The smallest absolute Gasteiger partial charge is 0.416 e. The summed E-state index contributed by atoms with van der Waals surface area (Å²) >= 11 is 0. The number of aromatic nitrogens is 1. The molecule has 0 aliphatic heterocycles. The van der Waals surface area contributed by atoms with Gasteiger partial charge in [-0.2, -0.15) is 18.4 Å². The lowest BCUT2D eigenvalue weighted by atomic mass is 10.1. The third-order valence-corrected chi connectivity index (χ3v) is 2.75. The Morgan fingerprint density at radius 2 is 1.96 bits per heavy atom. The first-order valence-electron chi connectivity index (χ1n) is 6.04. The van der Waals surface area contributed by atoms with Crippen molar-refractivity contribution in [3.05, 3.63) is 53.4 Å². The average Bonchev–Trinajstić information content (AvgIpc) is 3.01. The van der Waals surface area contributed by atoms with E-state index in [1.165, 1.54) is 6.07 Å². The van der Waals surface area contributed by atoms with E-state index in [0.29, 0.717) is 0 Å². The first-order chi connectivity index (χ1) is 10.8. The maximum atomic E-state index is 12.4. The highest BCUT2D eigenvalue weighted by Crippen LogP contribution is 2.30. The molecule has 118 valence electrons. The predicted octanol–water partition coefficient (Wildman–Crippen LogP) is 3.12. The van der Waals surface area contributed by atoms with Gasteiger partial charge in [0, 0.05) is 5.69 Å². The number of rotatable bonds is 3. The standard InChI is InChI=1S/C14H8F3N3O3/c15-14(16,17)9-1-3-10(4-2-9)20-13(22)11(5-18)12(21)8-6-19-23-7-8/h1-4,6-7,21H,(H,20,22)/b12-11-. The number of aliphatic hydroxyl groups excluding tert-OH is 1. The number of hydrogen-bond donors (Lipinski definition) is 2. The molecule has 0 saturated carbocycles. The SMILES string of the molecule is N#C/C(C(=O)Nc1ccc(C(F)(F)F)cc1)=C(/O)c1cnoc1. The summed E-state index contributed by atoms with van der Waals surface area (Å²) in [5.41, 5.74) is -1.45. The lowest BCUT2D eigenvalue weighted by Gasteiger charge is -2.08. The van der Waals surface area contributed by atoms with Gasteiger partial charge in [-0.1, -0.05) is 5.16 Å². The first-order valence-corrected chi connectivity index (χ1v) is 6.04. The molecule has 6 nitrogen and oxygen atoms in total. The van der Waals surface area contributed by atoms with E-state index < -0.39 is 29.0 Å². The highest BCUT2D eigenvalue weighted by Gasteiger charge is 2.30. The number of amides is 1. The molecule has 0 aliphatic carbocycles. The molecule has 2 N–H and O–H groups in total. The van der Waals surface area contributed by atoms with Crippen LogP contribution in [-0.4, -0.2) is 16.2 Å². The Balaban J connectivity index is 2.21. The molecule has 9 heteroatoms. The van der Waals surface area contributed by atoms with Crippen LogP contribution in [0.4, 0.5) is 18.9 Å². The van der Waals surface area contributed by atoms with Gasteiger partial charge in [0.15, 0.2) is 11.3 Å². The maximum absolute atomic E-state index is 12.4. The summed E-state index contributed by atoms with van der Waals surface area (Å²) in [5.74, 6) is -1.64. The largest absolute Gasteiger partial charge is 0.506 e. The van der Waals surface area contributed by atoms with Gasteiger partial charge < -0.3 is 14.9 Å². The van der Waals surface area contributed by atoms with Crippen LogP contribution < -0.4 is 5.32 Å². The molecule has 1 heterocycles. The van der Waals surface area contributed by atoms with Gasteiger partial charge in [-0.05, 0) is 24.3 Å². The Morgan fingerprint density at radius 1 is 1.30 bits per heavy atom. The molecule has 0 fully saturated rings. The summed E-state index contributed by atoms with van der Waals surface area (Å²) in [5, 5.41) is 24.3. The Morgan fingerprint density at radius 3 is 2.43 bits per heavy atom. The molecule has 0 radical (unpaired) electrons. The van der Waals surface area contributed by atoms with Gasteiger partial charge in [0.2, 0.25) is 0 Å². The van der Waals surface area contributed by atoms with Crippen LogP contribution in [0.3, 0.4) is 0 Å². The number of carbonyl (C=O) groups is 1. The van der Waals surface area contributed by atoms with Gasteiger partial charge >= 0.3 is 6.18 Å². The number of anilines is 1. The molecular weight excluding hydrogens is 315 g/mol. The number of hydrogen-bond acceptors (Lipinski definition) is 5. The second kappa shape index (κ2) is 6.23. The normalized spacial score (nSPS) is 12.3. The van der Waals surface area contributed by atoms with Gasteiger partial charge in [0.05, 0.1) is 17.3 Å². The van der Waals surface area contributed by atoms with E-state index in [0.717, 1.165) is 36.7 Å². The number of alkyl halides is 3. The predicted molar refractivity (Wildman–Crippen MR) is 71.7 cm³/mol. The highest BCUT2D eigenvalue weighted by molar-refractivity contribution is 6.10. The van der Waals surface area contributed by atoms with Crippen LogP contribution in [0.2, 0.25) is 0 Å². The Labute approximate surface area is 127 Å². The van der Waals surface area contributed by atoms with Gasteiger partial charge in [0.1, 0.15) is 12.3 Å². The van der Waals surface area contributed by atoms with Crippen LogP contribution in [0.15, 0.2) is 46.8 Å². The second-order valence-electron chi connectivity index (χ2n) is 4.28. The fraction of sp³-hybridized carbons (Fsp3) is 0.0714. The molecule has 1 aromatic carbocycles. The number of nitrogens with zero attached hydrogens (tertiary/aromatic N) is 2. The molecule has 0 bridgehead atoms. The average molecular weight is 323 g/mol. The minimum atomic E-state index is -4.49. The van der Waals surface area contributed by atoms with E-state index in [1.54, 1.807) is 0 Å². The molecular formula is C14H8F3N3O3. The molecule has 2 aromatic rings. The topological polar surface area (TPSA) is 99.2 Å². The molecule has 23 heavy (non-hydrogen) atoms. The van der Waals surface area contributed by atoms with Crippen molar-refractivity contribution in [3.63, 3.8) is 0 Å². The summed E-state index contributed by atoms with van der Waals surface area (Å²) in [4.78, 5) is 11.9. The number of carbonyl (C=O) groups excluding carboxylic acids is 1. The Bertz CT molecular complexity index is 772. The molecule has 0 unspecified atom stereocenters. The molecule has 2 rings (SSSR count). The highest BCUT2D eigenvalue weighted by atomic mass is 19.4. The number of halogens is 3. The molecule has 1 aromatic heterocycles. The summed E-state index contributed by atoms with van der Waals surface area (Å²) in [6, 6.07) is 5.15. The summed E-state index contributed by atoms with van der Waals surface area (Å²) < 4.78 is 41.8. The quantitative estimate of drug-likeness (QED) is 0.513. The zero-order valence-corrected chi connectivity index (χ0v) is 11.3. The van der Waals surface area contributed by atoms with Crippen molar-refractivity contribution in [1.82, 2.24) is 5.16 Å². The number of nitrogens with one attached hydrogen (secondary N) is 1. The Hall–Kier alpha value is -3.28. The third kappa shape index (κ3) is 3.68. The minimum Gasteiger partial charge on any atom is -0.506 e. The zero-order valence-electron chi connectivity index (χ0n) is 11.3. The number of nitriles is 1. The summed E-state index contributed by atoms with van der Waals surface area (Å²) in [6.07, 6.45) is -2.37. The van der Waals surface area contributed by atoms with Crippen molar-refractivity contribution >= 4 is 17.4 Å². The fourth-order valence-electron chi connectivity index (χ4n) is 1.61. The van der Waals surface area contributed by atoms with E-state index in [2.05, 4.69) is 15.0 Å². The monoisotopic (exact) mass is 323 g/mol. The van der Waals surface area contributed by atoms with E-state index in [9.17, 15) is 23.1 Å². The molecule has 0 atom stereocenters. The zero-order chi connectivity index (χ0) is 17.0. The van der Waals surface area contributed by atoms with Crippen LogP contribution in [0.5, 0.6) is 0 Å². The van der Waals surface area contributed by atoms with Crippen molar-refractivity contribution in [3.8, 4) is 6.07 Å². The lowest BCUT2D eigenvalue weighted by Crippen LogP contribution is -2.15. The van der Waals surface area contributed by atoms with Gasteiger partial charge in [-0.15, -0.1) is 0 Å². The molecule has 0 spiro atoms. The third-order valence-electron chi connectivity index (χ3n) is 2.75. The van der Waals surface area contributed by atoms with E-state index in [4.69, 9.17) is 5.26 Å². The second-order valence-corrected chi connectivity index (χ2v) is 4.28. The minimum absolute atomic E-state index is 0.0177. The molecule has 0 saturated heterocycles. The Kier molecular flexibility index (Phi) is 4.36. The molecule has 1 amide bonds. The van der Waals surface area contributed by atoms with Crippen molar-refractivity contribution in [2.24, 2.45) is 0 Å². The van der Waals surface area contributed by atoms with Crippen LogP contribution in [-0.2, 0) is 11.0 Å². The van der Waals surface area contributed by atoms with Crippen molar-refractivity contribution < 1.29 is 27.6 Å². The van der Waals surface area contributed by atoms with Crippen LogP contribution in [0.1, 0.15) is 11.1 Å². The number of aliphatic hydroxyl groups is 1. The van der Waals surface area contributed by atoms with Crippen LogP contribution >= 0.6 is 0 Å². The van der Waals surface area contributed by atoms with Crippen molar-refractivity contribution in [2.75, 3.05) is 5.32 Å². The van der Waals surface area contributed by atoms with Crippen LogP contribution in [0, 0.1) is 11.3 Å². The van der Waals surface area contributed by atoms with E-state index in [-0.39, 0.29) is 11.3 Å². The van der Waals surface area contributed by atoms with E-state index >= 15 is 0 Å². The van der Waals surface area contributed by atoms with Gasteiger partial charge in [0.25, 0.3) is 5.91 Å². The summed E-state index contributed by atoms with van der Waals surface area (Å²) in [6.45, 7) is 0. The number of benzene rings is 1. The fourth-order valence-corrected chi connectivity index (χ4v) is 1.61. The van der Waals surface area contributed by atoms with Gasteiger partial charge in [-0.3, -0.25) is 4.79 Å². The summed E-state index contributed by atoms with van der Waals surface area (Å²) in [7, 11) is 0. The van der Waals surface area contributed by atoms with Crippen LogP contribution in [0.25, 0.3) is 5.76 Å². The molecule has 0 aliphatic rings. The van der Waals surface area contributed by atoms with Gasteiger partial charge in [-0.25, -0.2) is 0 Å². The first kappa shape index (κ1) is 16.1. The van der Waals surface area contributed by atoms with Crippen molar-refractivity contribution in [1.29, 1.82) is 5.26 Å². The lowest BCUT2D eigenvalue weighted by molar-refractivity contribution is -0.137. The van der Waals surface area contributed by atoms with Crippen molar-refractivity contribution in [2.45, 2.75) is 6.18 Å². The van der Waals surface area contributed by atoms with E-state index in [1.807, 2.05) is 0 Å².